The van der Waals surface area contributed by atoms with Gasteiger partial charge in [0.15, 0.2) is 0 Å². The van der Waals surface area contributed by atoms with Crippen molar-refractivity contribution in [3.63, 3.8) is 0 Å². The summed E-state index contributed by atoms with van der Waals surface area (Å²) in [5, 5.41) is 3.96. The van der Waals surface area contributed by atoms with Gasteiger partial charge in [0, 0.05) is 12.6 Å². The van der Waals surface area contributed by atoms with Crippen molar-refractivity contribution < 1.29 is 4.39 Å². The summed E-state index contributed by atoms with van der Waals surface area (Å²) in [5.41, 5.74) is 6.15. The molecule has 0 atom stereocenters. The van der Waals surface area contributed by atoms with E-state index in [4.69, 9.17) is 5.73 Å². The van der Waals surface area contributed by atoms with Gasteiger partial charge in [-0.2, -0.15) is 9.78 Å². The Morgan fingerprint density at radius 2 is 2.31 bits per heavy atom. The molecule has 0 saturated heterocycles. The quantitative estimate of drug-likeness (QED) is 0.775. The van der Waals surface area contributed by atoms with Gasteiger partial charge < -0.3 is 5.73 Å². The van der Waals surface area contributed by atoms with Crippen LogP contribution in [0.15, 0.2) is 23.0 Å². The molecule has 84 valence electrons. The molecule has 0 radical (unpaired) electrons. The van der Waals surface area contributed by atoms with E-state index in [1.54, 1.807) is 13.0 Å². The third-order valence-corrected chi connectivity index (χ3v) is 2.23. The topological polar surface area (TPSA) is 76.7 Å². The van der Waals surface area contributed by atoms with Crippen LogP contribution in [0.2, 0.25) is 0 Å². The fourth-order valence-electron chi connectivity index (χ4n) is 1.50. The Kier molecular flexibility index (Phi) is 2.57. The molecule has 2 aromatic rings. The fraction of sp³-hybridized carbons (Fsp3) is 0.200. The number of hydrogen-bond donors (Lipinski definition) is 2. The number of nitrogens with one attached hydrogen (secondary N) is 1. The predicted molar refractivity (Wildman–Crippen MR) is 56.8 cm³/mol. The second-order valence-corrected chi connectivity index (χ2v) is 3.40. The lowest BCUT2D eigenvalue weighted by molar-refractivity contribution is 0.623. The molecule has 0 aliphatic rings. The second-order valence-electron chi connectivity index (χ2n) is 3.40. The summed E-state index contributed by atoms with van der Waals surface area (Å²) in [5.74, 6) is 0.0389. The Balaban J connectivity index is 2.67. The molecule has 0 unspecified atom stereocenters. The van der Waals surface area contributed by atoms with E-state index < -0.39 is 11.5 Å². The van der Waals surface area contributed by atoms with Gasteiger partial charge in [0.05, 0.1) is 5.69 Å². The molecule has 1 heterocycles. The molecule has 3 N–H and O–H groups in total. The maximum atomic E-state index is 13.1. The SMILES string of the molecule is Cc1nn(-c2cc(F)ccc2CN)c(=O)[nH]1. The number of halogens is 1. The first-order valence-electron chi connectivity index (χ1n) is 4.76. The zero-order chi connectivity index (χ0) is 11.7. The van der Waals surface area contributed by atoms with Crippen LogP contribution in [0.5, 0.6) is 0 Å². The summed E-state index contributed by atoms with van der Waals surface area (Å²) in [4.78, 5) is 14.0. The van der Waals surface area contributed by atoms with Crippen LogP contribution in [-0.4, -0.2) is 14.8 Å². The van der Waals surface area contributed by atoms with E-state index in [9.17, 15) is 9.18 Å². The highest BCUT2D eigenvalue weighted by atomic mass is 19.1. The molecule has 0 spiro atoms. The van der Waals surface area contributed by atoms with Crippen molar-refractivity contribution in [2.75, 3.05) is 0 Å². The number of aromatic nitrogens is 3. The first kappa shape index (κ1) is 10.6. The summed E-state index contributed by atoms with van der Waals surface area (Å²) in [6.45, 7) is 1.87. The standard InChI is InChI=1S/C10H11FN4O/c1-6-13-10(16)15(14-6)9-4-8(11)3-2-7(9)5-12/h2-4H,5,12H2,1H3,(H,13,14,16). The van der Waals surface area contributed by atoms with Gasteiger partial charge in [0.25, 0.3) is 0 Å². The van der Waals surface area contributed by atoms with Crippen molar-refractivity contribution in [2.24, 2.45) is 5.73 Å². The minimum atomic E-state index is -0.431. The third-order valence-electron chi connectivity index (χ3n) is 2.23. The summed E-state index contributed by atoms with van der Waals surface area (Å²) in [6, 6.07) is 4.08. The van der Waals surface area contributed by atoms with E-state index in [2.05, 4.69) is 10.1 Å². The molecule has 5 nitrogen and oxygen atoms in total. The van der Waals surface area contributed by atoms with Gasteiger partial charge in [-0.05, 0) is 18.6 Å². The fourth-order valence-corrected chi connectivity index (χ4v) is 1.50. The van der Waals surface area contributed by atoms with Gasteiger partial charge in [0.1, 0.15) is 11.6 Å². The Labute approximate surface area is 90.7 Å². The summed E-state index contributed by atoms with van der Waals surface area (Å²) in [6.07, 6.45) is 0. The number of nitrogens with two attached hydrogens (primary N) is 1. The van der Waals surface area contributed by atoms with E-state index >= 15 is 0 Å². The first-order chi connectivity index (χ1) is 7.61. The van der Waals surface area contributed by atoms with Gasteiger partial charge in [-0.3, -0.25) is 4.98 Å². The van der Waals surface area contributed by atoms with E-state index in [1.165, 1.54) is 12.1 Å². The Hall–Kier alpha value is -1.95. The number of aromatic amines is 1. The molecule has 0 bridgehead atoms. The lowest BCUT2D eigenvalue weighted by Gasteiger charge is -2.06. The maximum Gasteiger partial charge on any atom is 0.348 e. The molecule has 16 heavy (non-hydrogen) atoms. The average Bonchev–Trinajstić information content (AvgIpc) is 2.57. The molecular formula is C10H11FN4O. The van der Waals surface area contributed by atoms with Crippen molar-refractivity contribution in [3.05, 3.63) is 45.9 Å². The highest BCUT2D eigenvalue weighted by Crippen LogP contribution is 2.13. The van der Waals surface area contributed by atoms with E-state index in [0.29, 0.717) is 17.1 Å². The van der Waals surface area contributed by atoms with Crippen LogP contribution in [0, 0.1) is 12.7 Å². The van der Waals surface area contributed by atoms with Crippen LogP contribution in [0.3, 0.4) is 0 Å². The Bertz CT molecular complexity index is 572. The largest absolute Gasteiger partial charge is 0.348 e. The Morgan fingerprint density at radius 1 is 1.56 bits per heavy atom. The highest BCUT2D eigenvalue weighted by Gasteiger charge is 2.09. The second kappa shape index (κ2) is 3.90. The average molecular weight is 222 g/mol. The zero-order valence-corrected chi connectivity index (χ0v) is 8.70. The smallest absolute Gasteiger partial charge is 0.326 e. The molecule has 1 aromatic carbocycles. The minimum absolute atomic E-state index is 0.216. The van der Waals surface area contributed by atoms with Crippen molar-refractivity contribution in [3.8, 4) is 5.69 Å². The molecule has 0 amide bonds. The molecule has 6 heteroatoms. The lowest BCUT2D eigenvalue weighted by atomic mass is 10.2. The van der Waals surface area contributed by atoms with Crippen LogP contribution in [0.1, 0.15) is 11.4 Å². The predicted octanol–water partition coefficient (Wildman–Crippen LogP) is 0.467. The number of hydrogen-bond acceptors (Lipinski definition) is 3. The van der Waals surface area contributed by atoms with Crippen molar-refractivity contribution >= 4 is 0 Å². The number of aryl methyl sites for hydroxylation is 1. The lowest BCUT2D eigenvalue weighted by Crippen LogP contribution is -2.18. The van der Waals surface area contributed by atoms with Crippen molar-refractivity contribution in [1.82, 2.24) is 14.8 Å². The molecule has 0 aliphatic carbocycles. The van der Waals surface area contributed by atoms with Gasteiger partial charge in [-0.1, -0.05) is 6.07 Å². The maximum absolute atomic E-state index is 13.1. The van der Waals surface area contributed by atoms with Crippen LogP contribution in [0.4, 0.5) is 4.39 Å². The summed E-state index contributed by atoms with van der Waals surface area (Å²) in [7, 11) is 0. The normalized spacial score (nSPS) is 10.7. The van der Waals surface area contributed by atoms with E-state index in [-0.39, 0.29) is 6.54 Å². The van der Waals surface area contributed by atoms with E-state index in [1.807, 2.05) is 0 Å². The highest BCUT2D eigenvalue weighted by molar-refractivity contribution is 5.40. The monoisotopic (exact) mass is 222 g/mol. The summed E-state index contributed by atoms with van der Waals surface area (Å²) < 4.78 is 14.2. The molecule has 2 rings (SSSR count). The van der Waals surface area contributed by atoms with Gasteiger partial charge in [-0.25, -0.2) is 9.18 Å². The first-order valence-corrected chi connectivity index (χ1v) is 4.76. The molecular weight excluding hydrogens is 211 g/mol. The van der Waals surface area contributed by atoms with Crippen molar-refractivity contribution in [2.45, 2.75) is 13.5 Å². The molecule has 0 aliphatic heterocycles. The third kappa shape index (κ3) is 1.74. The number of benzene rings is 1. The van der Waals surface area contributed by atoms with Crippen LogP contribution in [-0.2, 0) is 6.54 Å². The Morgan fingerprint density at radius 3 is 2.88 bits per heavy atom. The number of H-pyrrole nitrogens is 1. The number of rotatable bonds is 2. The van der Waals surface area contributed by atoms with Gasteiger partial charge >= 0.3 is 5.69 Å². The zero-order valence-electron chi connectivity index (χ0n) is 8.70. The van der Waals surface area contributed by atoms with Crippen molar-refractivity contribution in [1.29, 1.82) is 0 Å². The van der Waals surface area contributed by atoms with Crippen LogP contribution >= 0.6 is 0 Å². The number of nitrogens with zero attached hydrogens (tertiary/aromatic N) is 2. The van der Waals surface area contributed by atoms with Gasteiger partial charge in [0.2, 0.25) is 0 Å². The molecule has 0 fully saturated rings. The van der Waals surface area contributed by atoms with Gasteiger partial charge in [-0.15, -0.1) is 0 Å². The minimum Gasteiger partial charge on any atom is -0.326 e. The van der Waals surface area contributed by atoms with Crippen LogP contribution in [0.25, 0.3) is 5.69 Å². The van der Waals surface area contributed by atoms with E-state index in [0.717, 1.165) is 4.68 Å². The molecule has 0 saturated carbocycles. The summed E-state index contributed by atoms with van der Waals surface area (Å²) >= 11 is 0. The van der Waals surface area contributed by atoms with Crippen LogP contribution < -0.4 is 11.4 Å². The molecule has 1 aromatic heterocycles.